The summed E-state index contributed by atoms with van der Waals surface area (Å²) >= 11 is 0. The predicted molar refractivity (Wildman–Crippen MR) is 72.1 cm³/mol. The number of nitrogens with one attached hydrogen (secondary N) is 1. The van der Waals surface area contributed by atoms with Crippen LogP contribution in [0, 0.1) is 17.1 Å². The molecule has 1 heterocycles. The van der Waals surface area contributed by atoms with Crippen LogP contribution >= 0.6 is 0 Å². The van der Waals surface area contributed by atoms with Crippen LogP contribution < -0.4 is 5.32 Å². The minimum atomic E-state index is -1.28. The highest BCUT2D eigenvalue weighted by atomic mass is 19.1. The SMILES string of the molecule is CC1(C(=O)O)CCCN1C(=O)Nc1ccc(C#N)cc1F. The molecule has 7 heteroatoms. The fourth-order valence-electron chi connectivity index (χ4n) is 2.38. The van der Waals surface area contributed by atoms with Crippen LogP contribution in [0.3, 0.4) is 0 Å². The van der Waals surface area contributed by atoms with E-state index < -0.39 is 23.4 Å². The number of hydrogen-bond acceptors (Lipinski definition) is 3. The van der Waals surface area contributed by atoms with Crippen LogP contribution in [0.15, 0.2) is 18.2 Å². The summed E-state index contributed by atoms with van der Waals surface area (Å²) in [5.41, 5.74) is -1.23. The van der Waals surface area contributed by atoms with E-state index in [0.717, 1.165) is 6.07 Å². The lowest BCUT2D eigenvalue weighted by Crippen LogP contribution is -2.52. The maximum Gasteiger partial charge on any atom is 0.329 e. The van der Waals surface area contributed by atoms with Gasteiger partial charge in [-0.05, 0) is 38.0 Å². The fraction of sp³-hybridized carbons (Fsp3) is 0.357. The Morgan fingerprint density at radius 3 is 2.81 bits per heavy atom. The molecule has 1 fully saturated rings. The van der Waals surface area contributed by atoms with E-state index in [2.05, 4.69) is 5.32 Å². The molecule has 0 aliphatic carbocycles. The Bertz CT molecular complexity index is 641. The molecule has 2 N–H and O–H groups in total. The fourth-order valence-corrected chi connectivity index (χ4v) is 2.38. The van der Waals surface area contributed by atoms with Crippen LogP contribution in [0.2, 0.25) is 0 Å². The second-order valence-electron chi connectivity index (χ2n) is 5.07. The summed E-state index contributed by atoms with van der Waals surface area (Å²) in [6.07, 6.45) is 0.928. The van der Waals surface area contributed by atoms with Gasteiger partial charge < -0.3 is 15.3 Å². The quantitative estimate of drug-likeness (QED) is 0.873. The average Bonchev–Trinajstić information content (AvgIpc) is 2.84. The number of benzene rings is 1. The molecule has 1 unspecified atom stereocenters. The van der Waals surface area contributed by atoms with Crippen LogP contribution in [0.5, 0.6) is 0 Å². The van der Waals surface area contributed by atoms with E-state index in [1.165, 1.54) is 24.0 Å². The number of rotatable bonds is 2. The molecular formula is C14H14FN3O3. The van der Waals surface area contributed by atoms with Crippen LogP contribution in [0.1, 0.15) is 25.3 Å². The van der Waals surface area contributed by atoms with Gasteiger partial charge in [0.2, 0.25) is 0 Å². The van der Waals surface area contributed by atoms with Crippen LogP contribution in [0.25, 0.3) is 0 Å². The summed E-state index contributed by atoms with van der Waals surface area (Å²) < 4.78 is 13.7. The van der Waals surface area contributed by atoms with Gasteiger partial charge in [0, 0.05) is 6.54 Å². The summed E-state index contributed by atoms with van der Waals surface area (Å²) in [5.74, 6) is -1.82. The van der Waals surface area contributed by atoms with Crippen molar-refractivity contribution in [2.45, 2.75) is 25.3 Å². The molecule has 21 heavy (non-hydrogen) atoms. The second kappa shape index (κ2) is 5.40. The number of likely N-dealkylation sites (tertiary alicyclic amines) is 1. The third-order valence-corrected chi connectivity index (χ3v) is 3.69. The molecule has 0 radical (unpaired) electrons. The lowest BCUT2D eigenvalue weighted by Gasteiger charge is -2.31. The Morgan fingerprint density at radius 1 is 1.52 bits per heavy atom. The standard InChI is InChI=1S/C14H14FN3O3/c1-14(12(19)20)5-2-6-18(14)13(21)17-11-4-3-9(8-16)7-10(11)15/h3-4,7H,2,5-6H2,1H3,(H,17,21)(H,19,20). The Morgan fingerprint density at radius 2 is 2.24 bits per heavy atom. The normalized spacial score (nSPS) is 20.9. The monoisotopic (exact) mass is 291 g/mol. The van der Waals surface area contributed by atoms with Gasteiger partial charge >= 0.3 is 12.0 Å². The van der Waals surface area contributed by atoms with Crippen molar-refractivity contribution < 1.29 is 19.1 Å². The van der Waals surface area contributed by atoms with Gasteiger partial charge in [0.15, 0.2) is 0 Å². The van der Waals surface area contributed by atoms with Gasteiger partial charge in [-0.25, -0.2) is 14.0 Å². The second-order valence-corrected chi connectivity index (χ2v) is 5.07. The maximum atomic E-state index is 13.7. The third kappa shape index (κ3) is 2.65. The van der Waals surface area contributed by atoms with E-state index in [9.17, 15) is 19.1 Å². The van der Waals surface area contributed by atoms with E-state index in [1.807, 2.05) is 0 Å². The van der Waals surface area contributed by atoms with Gasteiger partial charge in [-0.3, -0.25) is 0 Å². The van der Waals surface area contributed by atoms with Gasteiger partial charge in [0.05, 0.1) is 17.3 Å². The molecule has 1 atom stereocenters. The highest BCUT2D eigenvalue weighted by Crippen LogP contribution is 2.30. The number of nitriles is 1. The number of amides is 2. The number of carbonyl (C=O) groups excluding carboxylic acids is 1. The Balaban J connectivity index is 2.19. The summed E-state index contributed by atoms with van der Waals surface area (Å²) in [7, 11) is 0. The zero-order chi connectivity index (χ0) is 15.6. The van der Waals surface area contributed by atoms with Crippen LogP contribution in [-0.2, 0) is 4.79 Å². The lowest BCUT2D eigenvalue weighted by atomic mass is 10.00. The highest BCUT2D eigenvalue weighted by Gasteiger charge is 2.46. The first-order valence-corrected chi connectivity index (χ1v) is 6.40. The number of aliphatic carboxylic acids is 1. The van der Waals surface area contributed by atoms with Gasteiger partial charge in [-0.2, -0.15) is 5.26 Å². The van der Waals surface area contributed by atoms with Gasteiger partial charge in [-0.15, -0.1) is 0 Å². The van der Waals surface area contributed by atoms with Crippen molar-refractivity contribution in [1.29, 1.82) is 5.26 Å². The number of halogens is 1. The van der Waals surface area contributed by atoms with Crippen molar-refractivity contribution in [3.63, 3.8) is 0 Å². The van der Waals surface area contributed by atoms with E-state index in [1.54, 1.807) is 6.07 Å². The van der Waals surface area contributed by atoms with E-state index >= 15 is 0 Å². The molecule has 0 saturated carbocycles. The van der Waals surface area contributed by atoms with Gasteiger partial charge in [0.1, 0.15) is 11.4 Å². The molecule has 2 rings (SSSR count). The van der Waals surface area contributed by atoms with Gasteiger partial charge in [0.25, 0.3) is 0 Å². The summed E-state index contributed by atoms with van der Waals surface area (Å²) in [6.45, 7) is 1.77. The Labute approximate surface area is 120 Å². The van der Waals surface area contributed by atoms with Crippen LogP contribution in [0.4, 0.5) is 14.9 Å². The smallest absolute Gasteiger partial charge is 0.329 e. The number of nitrogens with zero attached hydrogens (tertiary/aromatic N) is 2. The molecule has 0 spiro atoms. The lowest BCUT2D eigenvalue weighted by molar-refractivity contribution is -0.146. The van der Waals surface area contributed by atoms with Crippen molar-refractivity contribution in [3.8, 4) is 6.07 Å². The van der Waals surface area contributed by atoms with Crippen molar-refractivity contribution in [2.75, 3.05) is 11.9 Å². The first-order valence-electron chi connectivity index (χ1n) is 6.40. The predicted octanol–water partition coefficient (Wildman–Crippen LogP) is 2.17. The number of carboxylic acid groups (broad SMARTS) is 1. The molecule has 1 saturated heterocycles. The summed E-state index contributed by atoms with van der Waals surface area (Å²) in [4.78, 5) is 24.7. The maximum absolute atomic E-state index is 13.7. The van der Waals surface area contributed by atoms with Crippen molar-refractivity contribution in [3.05, 3.63) is 29.6 Å². The number of anilines is 1. The molecule has 0 bridgehead atoms. The number of carboxylic acids is 1. The largest absolute Gasteiger partial charge is 0.480 e. The van der Waals surface area contributed by atoms with Gasteiger partial charge in [-0.1, -0.05) is 0 Å². The number of carbonyl (C=O) groups is 2. The van der Waals surface area contributed by atoms with E-state index in [4.69, 9.17) is 5.26 Å². The summed E-state index contributed by atoms with van der Waals surface area (Å²) in [5, 5.41) is 20.3. The Hall–Kier alpha value is -2.62. The molecule has 1 aliphatic heterocycles. The van der Waals surface area contributed by atoms with Crippen molar-refractivity contribution in [2.24, 2.45) is 0 Å². The average molecular weight is 291 g/mol. The molecular weight excluding hydrogens is 277 g/mol. The van der Waals surface area contributed by atoms with E-state index in [0.29, 0.717) is 19.4 Å². The molecule has 110 valence electrons. The molecule has 6 nitrogen and oxygen atoms in total. The summed E-state index contributed by atoms with van der Waals surface area (Å²) in [6, 6.07) is 4.79. The van der Waals surface area contributed by atoms with Crippen molar-refractivity contribution in [1.82, 2.24) is 4.90 Å². The van der Waals surface area contributed by atoms with E-state index in [-0.39, 0.29) is 11.3 Å². The third-order valence-electron chi connectivity index (χ3n) is 3.69. The van der Waals surface area contributed by atoms with Crippen molar-refractivity contribution >= 4 is 17.7 Å². The van der Waals surface area contributed by atoms with Crippen LogP contribution in [-0.4, -0.2) is 34.1 Å². The number of urea groups is 1. The highest BCUT2D eigenvalue weighted by molar-refractivity contribution is 5.94. The minimum Gasteiger partial charge on any atom is -0.480 e. The number of hydrogen-bond donors (Lipinski definition) is 2. The topological polar surface area (TPSA) is 93.4 Å². The zero-order valence-corrected chi connectivity index (χ0v) is 11.4. The molecule has 1 aromatic carbocycles. The zero-order valence-electron chi connectivity index (χ0n) is 11.4. The molecule has 2 amide bonds. The Kier molecular flexibility index (Phi) is 3.80. The molecule has 0 aromatic heterocycles. The first kappa shape index (κ1) is 14.8. The molecule has 1 aromatic rings. The molecule has 1 aliphatic rings. The first-order chi connectivity index (χ1) is 9.88. The minimum absolute atomic E-state index is 0.0846.